The van der Waals surface area contributed by atoms with Gasteiger partial charge in [0.05, 0.1) is 6.04 Å². The molecule has 0 aliphatic rings. The molecule has 1 aromatic heterocycles. The third-order valence-electron chi connectivity index (χ3n) is 3.27. The van der Waals surface area contributed by atoms with E-state index in [2.05, 4.69) is 53.7 Å². The van der Waals surface area contributed by atoms with Crippen molar-refractivity contribution < 1.29 is 0 Å². The summed E-state index contributed by atoms with van der Waals surface area (Å²) in [4.78, 5) is 4.40. The van der Waals surface area contributed by atoms with Crippen molar-refractivity contribution in [2.75, 3.05) is 0 Å². The first kappa shape index (κ1) is 13.7. The van der Waals surface area contributed by atoms with E-state index in [-0.39, 0.29) is 6.04 Å². The van der Waals surface area contributed by atoms with Crippen LogP contribution in [-0.4, -0.2) is 4.98 Å². The molecule has 0 saturated heterocycles. The Hall–Kier alpha value is -1.71. The summed E-state index contributed by atoms with van der Waals surface area (Å²) in [6.45, 7) is 6.12. The normalized spacial score (nSPS) is 12.4. The highest BCUT2D eigenvalue weighted by Gasteiger charge is 2.11. The van der Waals surface area contributed by atoms with Crippen molar-refractivity contribution in [3.05, 3.63) is 64.5 Å². The number of nitrogens with one attached hydrogen (secondary N) is 1. The second-order valence-electron chi connectivity index (χ2n) is 5.09. The third kappa shape index (κ3) is 3.63. The second kappa shape index (κ2) is 5.95. The van der Waals surface area contributed by atoms with Crippen LogP contribution in [0, 0.1) is 20.8 Å². The lowest BCUT2D eigenvalue weighted by molar-refractivity contribution is 0.550. The number of pyridine rings is 1. The zero-order valence-electron chi connectivity index (χ0n) is 11.8. The molecular weight excluding hydrogens is 234 g/mol. The lowest BCUT2D eigenvalue weighted by Gasteiger charge is -2.17. The number of nitrogens with zero attached hydrogens (tertiary/aromatic N) is 1. The van der Waals surface area contributed by atoms with Gasteiger partial charge in [-0.05, 0) is 50.5 Å². The molecule has 0 fully saturated rings. The molecule has 3 heteroatoms. The standard InChI is InChI=1S/C16H21N3/c1-11-4-6-14(7-5-11)10-16(19-17)15-8-12(2)18-13(3)9-15/h4-9,16,19H,10,17H2,1-3H3. The van der Waals surface area contributed by atoms with E-state index in [1.807, 2.05) is 13.8 Å². The van der Waals surface area contributed by atoms with E-state index in [0.717, 1.165) is 17.8 Å². The number of aryl methyl sites for hydroxylation is 3. The van der Waals surface area contributed by atoms with Crippen LogP contribution in [0.1, 0.15) is 34.1 Å². The van der Waals surface area contributed by atoms with E-state index in [1.165, 1.54) is 16.7 Å². The minimum Gasteiger partial charge on any atom is -0.271 e. The fraction of sp³-hybridized carbons (Fsp3) is 0.312. The molecule has 100 valence electrons. The van der Waals surface area contributed by atoms with Gasteiger partial charge in [-0.15, -0.1) is 0 Å². The number of nitrogens with two attached hydrogens (primary N) is 1. The first-order valence-electron chi connectivity index (χ1n) is 6.55. The molecule has 0 spiro atoms. The summed E-state index contributed by atoms with van der Waals surface area (Å²) >= 11 is 0. The number of hydrazine groups is 1. The Morgan fingerprint density at radius 3 is 2.16 bits per heavy atom. The van der Waals surface area contributed by atoms with Gasteiger partial charge in [0, 0.05) is 11.4 Å². The van der Waals surface area contributed by atoms with Gasteiger partial charge in [0.25, 0.3) is 0 Å². The molecule has 1 aromatic carbocycles. The van der Waals surface area contributed by atoms with Crippen molar-refractivity contribution in [2.45, 2.75) is 33.2 Å². The molecule has 0 aliphatic carbocycles. The lowest BCUT2D eigenvalue weighted by atomic mass is 9.98. The summed E-state index contributed by atoms with van der Waals surface area (Å²) in [5.41, 5.74) is 8.70. The van der Waals surface area contributed by atoms with Gasteiger partial charge >= 0.3 is 0 Å². The van der Waals surface area contributed by atoms with E-state index in [9.17, 15) is 0 Å². The first-order valence-corrected chi connectivity index (χ1v) is 6.55. The summed E-state index contributed by atoms with van der Waals surface area (Å²) in [6, 6.07) is 12.9. The Bertz CT molecular complexity index is 526. The maximum Gasteiger partial charge on any atom is 0.0501 e. The van der Waals surface area contributed by atoms with Gasteiger partial charge in [0.1, 0.15) is 0 Å². The molecule has 2 aromatic rings. The molecule has 0 saturated carbocycles. The average Bonchev–Trinajstić information content (AvgIpc) is 2.37. The van der Waals surface area contributed by atoms with Crippen LogP contribution in [0.15, 0.2) is 36.4 Å². The predicted octanol–water partition coefficient (Wildman–Crippen LogP) is 2.75. The van der Waals surface area contributed by atoms with Crippen LogP contribution >= 0.6 is 0 Å². The van der Waals surface area contributed by atoms with Gasteiger partial charge in [-0.2, -0.15) is 0 Å². The van der Waals surface area contributed by atoms with Crippen LogP contribution in [0.25, 0.3) is 0 Å². The minimum atomic E-state index is 0.114. The van der Waals surface area contributed by atoms with Gasteiger partial charge in [-0.1, -0.05) is 29.8 Å². The molecule has 0 radical (unpaired) electrons. The van der Waals surface area contributed by atoms with Crippen LogP contribution in [0.3, 0.4) is 0 Å². The highest BCUT2D eigenvalue weighted by Crippen LogP contribution is 2.19. The van der Waals surface area contributed by atoms with Gasteiger partial charge in [0.2, 0.25) is 0 Å². The molecule has 1 heterocycles. The first-order chi connectivity index (χ1) is 9.08. The summed E-state index contributed by atoms with van der Waals surface area (Å²) < 4.78 is 0. The Balaban J connectivity index is 2.22. The topological polar surface area (TPSA) is 50.9 Å². The number of aromatic nitrogens is 1. The molecule has 0 amide bonds. The Morgan fingerprint density at radius 2 is 1.63 bits per heavy atom. The fourth-order valence-corrected chi connectivity index (χ4v) is 2.30. The molecule has 2 rings (SSSR count). The summed E-state index contributed by atoms with van der Waals surface area (Å²) in [7, 11) is 0. The van der Waals surface area contributed by atoms with Crippen LogP contribution in [0.4, 0.5) is 0 Å². The van der Waals surface area contributed by atoms with Crippen molar-refractivity contribution in [1.29, 1.82) is 0 Å². The quantitative estimate of drug-likeness (QED) is 0.652. The van der Waals surface area contributed by atoms with Crippen LogP contribution in [0.5, 0.6) is 0 Å². The molecular formula is C16H21N3. The number of hydrogen-bond donors (Lipinski definition) is 2. The average molecular weight is 255 g/mol. The van der Waals surface area contributed by atoms with Crippen LogP contribution in [0.2, 0.25) is 0 Å². The van der Waals surface area contributed by atoms with Crippen molar-refractivity contribution in [2.24, 2.45) is 5.84 Å². The number of benzene rings is 1. The molecule has 3 N–H and O–H groups in total. The van der Waals surface area contributed by atoms with E-state index < -0.39 is 0 Å². The lowest BCUT2D eigenvalue weighted by Crippen LogP contribution is -2.29. The molecule has 0 bridgehead atoms. The maximum absolute atomic E-state index is 5.71. The highest BCUT2D eigenvalue weighted by atomic mass is 15.2. The zero-order chi connectivity index (χ0) is 13.8. The highest BCUT2D eigenvalue weighted by molar-refractivity contribution is 5.27. The number of rotatable bonds is 4. The molecule has 3 nitrogen and oxygen atoms in total. The number of hydrogen-bond acceptors (Lipinski definition) is 3. The third-order valence-corrected chi connectivity index (χ3v) is 3.27. The van der Waals surface area contributed by atoms with Crippen molar-refractivity contribution >= 4 is 0 Å². The van der Waals surface area contributed by atoms with E-state index in [4.69, 9.17) is 5.84 Å². The molecule has 0 aliphatic heterocycles. The largest absolute Gasteiger partial charge is 0.271 e. The summed E-state index contributed by atoms with van der Waals surface area (Å²) in [5, 5.41) is 0. The van der Waals surface area contributed by atoms with Crippen LogP contribution in [-0.2, 0) is 6.42 Å². The van der Waals surface area contributed by atoms with E-state index in [0.29, 0.717) is 0 Å². The van der Waals surface area contributed by atoms with Crippen molar-refractivity contribution in [3.63, 3.8) is 0 Å². The molecule has 1 unspecified atom stereocenters. The molecule has 19 heavy (non-hydrogen) atoms. The second-order valence-corrected chi connectivity index (χ2v) is 5.09. The SMILES string of the molecule is Cc1ccc(CC(NN)c2cc(C)nc(C)c2)cc1. The van der Waals surface area contributed by atoms with E-state index in [1.54, 1.807) is 0 Å². The predicted molar refractivity (Wildman–Crippen MR) is 78.7 cm³/mol. The smallest absolute Gasteiger partial charge is 0.0501 e. The monoisotopic (exact) mass is 255 g/mol. The van der Waals surface area contributed by atoms with Crippen LogP contribution < -0.4 is 11.3 Å². The van der Waals surface area contributed by atoms with Gasteiger partial charge in [0.15, 0.2) is 0 Å². The Morgan fingerprint density at radius 1 is 1.05 bits per heavy atom. The van der Waals surface area contributed by atoms with Crippen molar-refractivity contribution in [1.82, 2.24) is 10.4 Å². The van der Waals surface area contributed by atoms with Gasteiger partial charge < -0.3 is 0 Å². The van der Waals surface area contributed by atoms with Crippen molar-refractivity contribution in [3.8, 4) is 0 Å². The minimum absolute atomic E-state index is 0.114. The maximum atomic E-state index is 5.71. The fourth-order valence-electron chi connectivity index (χ4n) is 2.30. The summed E-state index contributed by atoms with van der Waals surface area (Å²) in [5.74, 6) is 5.71. The Labute approximate surface area is 114 Å². The van der Waals surface area contributed by atoms with E-state index >= 15 is 0 Å². The van der Waals surface area contributed by atoms with Gasteiger partial charge in [-0.25, -0.2) is 0 Å². The zero-order valence-corrected chi connectivity index (χ0v) is 11.8. The Kier molecular flexibility index (Phi) is 4.30. The van der Waals surface area contributed by atoms with Gasteiger partial charge in [-0.3, -0.25) is 16.3 Å². The molecule has 1 atom stereocenters. The summed E-state index contributed by atoms with van der Waals surface area (Å²) in [6.07, 6.45) is 0.875.